The maximum absolute atomic E-state index is 12.0. The molecule has 2 N–H and O–H groups in total. The molecule has 0 spiro atoms. The molecule has 7 heteroatoms. The Morgan fingerprint density at radius 1 is 1.64 bits per heavy atom. The van der Waals surface area contributed by atoms with Crippen molar-refractivity contribution in [2.24, 2.45) is 5.92 Å². The van der Waals surface area contributed by atoms with Crippen LogP contribution in [0.25, 0.3) is 0 Å². The summed E-state index contributed by atoms with van der Waals surface area (Å²) in [4.78, 5) is 10.2. The van der Waals surface area contributed by atoms with Gasteiger partial charge in [0.15, 0.2) is 5.92 Å². The molecule has 0 heterocycles. The number of aliphatic carboxylic acids is 1. The van der Waals surface area contributed by atoms with Crippen LogP contribution in [0.2, 0.25) is 0 Å². The fourth-order valence-corrected chi connectivity index (χ4v) is 0.617. The predicted octanol–water partition coefficient (Wildman–Crippen LogP) is 0.751. The quantitative estimate of drug-likeness (QED) is 0.718. The highest BCUT2D eigenvalue weighted by Gasteiger charge is 2.39. The highest BCUT2D eigenvalue weighted by Crippen LogP contribution is 2.24. The molecule has 14 heavy (non-hydrogen) atoms. The van der Waals surface area contributed by atoms with Crippen LogP contribution in [0.5, 0.6) is 0 Å². The van der Waals surface area contributed by atoms with Gasteiger partial charge in [-0.05, 0) is 6.92 Å². The van der Waals surface area contributed by atoms with Crippen molar-refractivity contribution in [2.45, 2.75) is 19.1 Å². The van der Waals surface area contributed by atoms with Crippen molar-refractivity contribution in [3.8, 4) is 6.07 Å². The average Bonchev–Trinajstić information content (AvgIpc) is 2.02. The summed E-state index contributed by atoms with van der Waals surface area (Å²) in [6, 6.07) is -0.0477. The minimum atomic E-state index is -4.63. The molecule has 80 valence electrons. The molecule has 0 bridgehead atoms. The molecule has 0 aromatic rings. The Kier molecular flexibility index (Phi) is 4.37. The Morgan fingerprint density at radius 3 is 2.43 bits per heavy atom. The number of nitriles is 1. The molecule has 0 radical (unpaired) electrons. The highest BCUT2D eigenvalue weighted by molar-refractivity contribution is 5.72. The van der Waals surface area contributed by atoms with Gasteiger partial charge in [-0.1, -0.05) is 0 Å². The molecular weight excluding hydrogens is 201 g/mol. The van der Waals surface area contributed by atoms with Crippen molar-refractivity contribution in [3.05, 3.63) is 0 Å². The zero-order valence-corrected chi connectivity index (χ0v) is 7.30. The van der Waals surface area contributed by atoms with E-state index in [1.807, 2.05) is 0 Å². The van der Waals surface area contributed by atoms with Crippen LogP contribution in [0.1, 0.15) is 6.92 Å². The minimum Gasteiger partial charge on any atom is -0.480 e. The van der Waals surface area contributed by atoms with Crippen LogP contribution in [0.4, 0.5) is 13.2 Å². The van der Waals surface area contributed by atoms with E-state index in [0.717, 1.165) is 6.07 Å². The van der Waals surface area contributed by atoms with E-state index in [9.17, 15) is 18.0 Å². The molecule has 0 aromatic carbocycles. The molecule has 4 nitrogen and oxygen atoms in total. The lowest BCUT2D eigenvalue weighted by Crippen LogP contribution is -2.40. The molecule has 0 saturated carbocycles. The summed E-state index contributed by atoms with van der Waals surface area (Å²) in [5, 5.41) is 18.6. The van der Waals surface area contributed by atoms with E-state index in [2.05, 4.69) is 5.32 Å². The largest absolute Gasteiger partial charge is 0.480 e. The summed E-state index contributed by atoms with van der Waals surface area (Å²) in [7, 11) is 0. The summed E-state index contributed by atoms with van der Waals surface area (Å²) in [6.07, 6.45) is -4.63. The molecule has 0 rings (SSSR count). The summed E-state index contributed by atoms with van der Waals surface area (Å²) >= 11 is 0. The SMILES string of the molecule is C[C@H](NCC(C#N)C(F)(F)F)C(=O)O. The second kappa shape index (κ2) is 4.81. The molecular formula is C7H9F3N2O2. The number of nitrogens with zero attached hydrogens (tertiary/aromatic N) is 1. The normalized spacial score (nSPS) is 15.6. The summed E-state index contributed by atoms with van der Waals surface area (Å²) in [5.74, 6) is -3.44. The lowest BCUT2D eigenvalue weighted by Gasteiger charge is -2.15. The van der Waals surface area contributed by atoms with Crippen LogP contribution in [0.15, 0.2) is 0 Å². The molecule has 0 aromatic heterocycles. The number of alkyl halides is 3. The smallest absolute Gasteiger partial charge is 0.405 e. The lowest BCUT2D eigenvalue weighted by atomic mass is 10.1. The average molecular weight is 210 g/mol. The van der Waals surface area contributed by atoms with Crippen molar-refractivity contribution in [2.75, 3.05) is 6.54 Å². The zero-order chi connectivity index (χ0) is 11.4. The van der Waals surface area contributed by atoms with Gasteiger partial charge in [-0.15, -0.1) is 0 Å². The maximum atomic E-state index is 12.0. The van der Waals surface area contributed by atoms with Crippen LogP contribution in [0, 0.1) is 17.2 Å². The number of carboxylic acids is 1. The van der Waals surface area contributed by atoms with E-state index < -0.39 is 30.7 Å². The molecule has 0 fully saturated rings. The van der Waals surface area contributed by atoms with Crippen LogP contribution in [-0.2, 0) is 4.79 Å². The Hall–Kier alpha value is -1.29. The van der Waals surface area contributed by atoms with E-state index in [4.69, 9.17) is 10.4 Å². The van der Waals surface area contributed by atoms with Gasteiger partial charge in [0, 0.05) is 6.54 Å². The highest BCUT2D eigenvalue weighted by atomic mass is 19.4. The number of nitrogens with one attached hydrogen (secondary N) is 1. The number of hydrogen-bond acceptors (Lipinski definition) is 3. The molecule has 0 amide bonds. The molecule has 0 aliphatic rings. The van der Waals surface area contributed by atoms with Gasteiger partial charge in [-0.25, -0.2) is 0 Å². The van der Waals surface area contributed by atoms with Crippen molar-refractivity contribution in [1.29, 1.82) is 5.26 Å². The Balaban J connectivity index is 4.12. The monoisotopic (exact) mass is 210 g/mol. The first kappa shape index (κ1) is 12.7. The van der Waals surface area contributed by atoms with Crippen molar-refractivity contribution in [1.82, 2.24) is 5.32 Å². The topological polar surface area (TPSA) is 73.1 Å². The molecule has 0 aliphatic carbocycles. The fourth-order valence-electron chi connectivity index (χ4n) is 0.617. The van der Waals surface area contributed by atoms with E-state index in [1.54, 1.807) is 0 Å². The van der Waals surface area contributed by atoms with Gasteiger partial charge in [0.05, 0.1) is 6.07 Å². The second-order valence-corrected chi connectivity index (χ2v) is 2.69. The third-order valence-electron chi connectivity index (χ3n) is 1.55. The first-order valence-electron chi connectivity index (χ1n) is 3.71. The lowest BCUT2D eigenvalue weighted by molar-refractivity contribution is -0.159. The standard InChI is InChI=1S/C7H9F3N2O2/c1-4(6(13)14)12-3-5(2-11)7(8,9)10/h4-5,12H,3H2,1H3,(H,13,14)/t4-,5?/m0/s1. The Bertz CT molecular complexity index is 246. The van der Waals surface area contributed by atoms with Gasteiger partial charge in [0.1, 0.15) is 6.04 Å². The third-order valence-corrected chi connectivity index (χ3v) is 1.55. The third kappa shape index (κ3) is 4.09. The maximum Gasteiger partial charge on any atom is 0.405 e. The molecule has 0 saturated heterocycles. The van der Waals surface area contributed by atoms with Crippen LogP contribution >= 0.6 is 0 Å². The number of hydrogen-bond donors (Lipinski definition) is 2. The van der Waals surface area contributed by atoms with Gasteiger partial charge >= 0.3 is 12.1 Å². The van der Waals surface area contributed by atoms with Crippen molar-refractivity contribution >= 4 is 5.97 Å². The Morgan fingerprint density at radius 2 is 2.14 bits per heavy atom. The summed E-state index contributed by atoms with van der Waals surface area (Å²) in [5.41, 5.74) is 0. The van der Waals surface area contributed by atoms with Crippen molar-refractivity contribution in [3.63, 3.8) is 0 Å². The van der Waals surface area contributed by atoms with Gasteiger partial charge < -0.3 is 10.4 Å². The second-order valence-electron chi connectivity index (χ2n) is 2.69. The fraction of sp³-hybridized carbons (Fsp3) is 0.714. The van der Waals surface area contributed by atoms with E-state index in [-0.39, 0.29) is 0 Å². The number of carbonyl (C=O) groups is 1. The number of halogens is 3. The molecule has 0 aliphatic heterocycles. The molecule has 2 atom stereocenters. The van der Waals surface area contributed by atoms with Crippen LogP contribution in [-0.4, -0.2) is 29.8 Å². The number of rotatable bonds is 4. The molecule has 1 unspecified atom stereocenters. The van der Waals surface area contributed by atoms with Gasteiger partial charge in [0.25, 0.3) is 0 Å². The van der Waals surface area contributed by atoms with Crippen LogP contribution < -0.4 is 5.32 Å². The van der Waals surface area contributed by atoms with Crippen molar-refractivity contribution < 1.29 is 23.1 Å². The van der Waals surface area contributed by atoms with Crippen LogP contribution in [0.3, 0.4) is 0 Å². The first-order valence-corrected chi connectivity index (χ1v) is 3.71. The zero-order valence-electron chi connectivity index (χ0n) is 7.30. The van der Waals surface area contributed by atoms with Gasteiger partial charge in [-0.3, -0.25) is 4.79 Å². The predicted molar refractivity (Wildman–Crippen MR) is 40.3 cm³/mol. The van der Waals surface area contributed by atoms with E-state index in [0.29, 0.717) is 0 Å². The Labute approximate surface area is 78.3 Å². The first-order chi connectivity index (χ1) is 6.29. The van der Waals surface area contributed by atoms with Gasteiger partial charge in [0.2, 0.25) is 0 Å². The summed E-state index contributed by atoms with van der Waals surface area (Å²) in [6.45, 7) is 0.487. The van der Waals surface area contributed by atoms with E-state index >= 15 is 0 Å². The number of carboxylic acid groups (broad SMARTS) is 1. The summed E-state index contributed by atoms with van der Waals surface area (Å²) < 4.78 is 35.9. The van der Waals surface area contributed by atoms with Gasteiger partial charge in [-0.2, -0.15) is 18.4 Å². The van der Waals surface area contributed by atoms with E-state index in [1.165, 1.54) is 6.92 Å². The minimum absolute atomic E-state index is 0.715.